The van der Waals surface area contributed by atoms with Gasteiger partial charge in [-0.25, -0.2) is 14.4 Å². The van der Waals surface area contributed by atoms with Crippen LogP contribution in [0.25, 0.3) is 6.08 Å². The molecule has 1 aromatic carbocycles. The number of carboxylic acids is 1. The molecule has 0 unspecified atom stereocenters. The van der Waals surface area contributed by atoms with Crippen LogP contribution in [0.5, 0.6) is 0 Å². The third kappa shape index (κ3) is 3.05. The van der Waals surface area contributed by atoms with Crippen LogP contribution in [0.4, 0.5) is 0 Å². The van der Waals surface area contributed by atoms with Crippen LogP contribution in [-0.2, 0) is 19.1 Å². The number of carboxylic acid groups (broad SMARTS) is 1. The fourth-order valence-electron chi connectivity index (χ4n) is 1.79. The molecule has 0 aromatic heterocycles. The smallest absolute Gasteiger partial charge is 0.348 e. The van der Waals surface area contributed by atoms with E-state index in [0.29, 0.717) is 0 Å². The van der Waals surface area contributed by atoms with E-state index in [2.05, 4.69) is 0 Å². The first kappa shape index (κ1) is 15.1. The summed E-state index contributed by atoms with van der Waals surface area (Å²) in [6.07, 6.45) is 1.06. The van der Waals surface area contributed by atoms with Crippen molar-refractivity contribution in [2.24, 2.45) is 0 Å². The molecule has 0 amide bonds. The largest absolute Gasteiger partial charge is 0.478 e. The summed E-state index contributed by atoms with van der Waals surface area (Å²) in [6, 6.07) is 4.21. The topological polar surface area (TPSA) is 89.9 Å². The summed E-state index contributed by atoms with van der Waals surface area (Å²) >= 11 is 5.93. The first-order valence-corrected chi connectivity index (χ1v) is 6.29. The Morgan fingerprint density at radius 2 is 1.81 bits per heavy atom. The Kier molecular flexibility index (Phi) is 3.74. The van der Waals surface area contributed by atoms with Crippen molar-refractivity contribution in [1.29, 1.82) is 0 Å². The predicted molar refractivity (Wildman–Crippen MR) is 72.7 cm³/mol. The zero-order chi connectivity index (χ0) is 15.8. The fraction of sp³-hybridized carbons (Fsp3) is 0.214. The molecule has 1 aromatic rings. The summed E-state index contributed by atoms with van der Waals surface area (Å²) in [6.45, 7) is 2.83. The van der Waals surface area contributed by atoms with E-state index in [9.17, 15) is 14.4 Å². The average Bonchev–Trinajstić information content (AvgIpc) is 2.33. The molecule has 1 aliphatic heterocycles. The van der Waals surface area contributed by atoms with E-state index in [1.807, 2.05) is 0 Å². The second-order valence-electron chi connectivity index (χ2n) is 4.74. The van der Waals surface area contributed by atoms with Gasteiger partial charge in [-0.3, -0.25) is 0 Å². The van der Waals surface area contributed by atoms with Crippen molar-refractivity contribution < 1.29 is 29.0 Å². The molecule has 0 spiro atoms. The molecule has 0 aliphatic carbocycles. The molecule has 1 saturated heterocycles. The number of benzene rings is 1. The van der Waals surface area contributed by atoms with Gasteiger partial charge in [0.1, 0.15) is 5.57 Å². The van der Waals surface area contributed by atoms with Gasteiger partial charge in [0.15, 0.2) is 0 Å². The van der Waals surface area contributed by atoms with E-state index in [0.717, 1.165) is 6.08 Å². The maximum atomic E-state index is 11.8. The minimum atomic E-state index is -1.36. The first-order valence-electron chi connectivity index (χ1n) is 5.91. The van der Waals surface area contributed by atoms with Crippen LogP contribution in [0.15, 0.2) is 23.8 Å². The number of carbonyl (C=O) groups is 3. The Morgan fingerprint density at radius 3 is 2.33 bits per heavy atom. The minimum Gasteiger partial charge on any atom is -0.478 e. The zero-order valence-corrected chi connectivity index (χ0v) is 11.9. The molecule has 0 bridgehead atoms. The van der Waals surface area contributed by atoms with Crippen molar-refractivity contribution in [3.05, 3.63) is 39.9 Å². The standard InChI is InChI=1S/C14H11ClO6/c1-14(2)20-12(18)9(13(19)21-14)6-8-7(11(16)17)4-3-5-10(8)15/h3-6H,1-2H3,(H,16,17). The van der Waals surface area contributed by atoms with Gasteiger partial charge >= 0.3 is 17.9 Å². The number of halogens is 1. The number of carbonyl (C=O) groups excluding carboxylic acids is 2. The van der Waals surface area contributed by atoms with E-state index in [1.54, 1.807) is 0 Å². The van der Waals surface area contributed by atoms with E-state index >= 15 is 0 Å². The molecule has 21 heavy (non-hydrogen) atoms. The second-order valence-corrected chi connectivity index (χ2v) is 5.15. The highest BCUT2D eigenvalue weighted by Gasteiger charge is 2.39. The highest BCUT2D eigenvalue weighted by Crippen LogP contribution is 2.28. The molecular weight excluding hydrogens is 300 g/mol. The van der Waals surface area contributed by atoms with Gasteiger partial charge in [-0.1, -0.05) is 17.7 Å². The number of cyclic esters (lactones) is 2. The Morgan fingerprint density at radius 1 is 1.24 bits per heavy atom. The van der Waals surface area contributed by atoms with E-state index in [4.69, 9.17) is 26.2 Å². The third-order valence-corrected chi connectivity index (χ3v) is 3.02. The monoisotopic (exact) mass is 310 g/mol. The van der Waals surface area contributed by atoms with Crippen LogP contribution >= 0.6 is 11.6 Å². The molecule has 0 atom stereocenters. The van der Waals surface area contributed by atoms with Gasteiger partial charge < -0.3 is 14.6 Å². The van der Waals surface area contributed by atoms with Crippen LogP contribution < -0.4 is 0 Å². The number of esters is 2. The molecule has 1 fully saturated rings. The molecule has 1 N–H and O–H groups in total. The average molecular weight is 311 g/mol. The highest BCUT2D eigenvalue weighted by molar-refractivity contribution is 6.33. The van der Waals surface area contributed by atoms with Crippen molar-refractivity contribution in [2.45, 2.75) is 19.6 Å². The maximum Gasteiger partial charge on any atom is 0.348 e. The molecule has 1 aliphatic rings. The van der Waals surface area contributed by atoms with E-state index in [-0.39, 0.29) is 16.1 Å². The molecule has 110 valence electrons. The summed E-state index contributed by atoms with van der Waals surface area (Å²) < 4.78 is 9.86. The molecule has 6 nitrogen and oxygen atoms in total. The zero-order valence-electron chi connectivity index (χ0n) is 11.2. The van der Waals surface area contributed by atoms with Gasteiger partial charge in [-0.2, -0.15) is 0 Å². The Hall–Kier alpha value is -2.34. The number of rotatable bonds is 2. The van der Waals surface area contributed by atoms with Gasteiger partial charge in [-0.05, 0) is 18.2 Å². The number of aromatic carboxylic acids is 1. The third-order valence-electron chi connectivity index (χ3n) is 2.69. The maximum absolute atomic E-state index is 11.8. The van der Waals surface area contributed by atoms with Crippen molar-refractivity contribution >= 4 is 35.6 Å². The molecule has 7 heteroatoms. The normalized spacial score (nSPS) is 17.0. The number of hydrogen-bond acceptors (Lipinski definition) is 5. The van der Waals surface area contributed by atoms with Gasteiger partial charge in [-0.15, -0.1) is 0 Å². The lowest BCUT2D eigenvalue weighted by molar-refractivity contribution is -0.222. The lowest BCUT2D eigenvalue weighted by atomic mass is 10.0. The van der Waals surface area contributed by atoms with Crippen LogP contribution in [-0.4, -0.2) is 28.8 Å². The molecular formula is C14H11ClO6. The summed E-state index contributed by atoms with van der Waals surface area (Å²) in [5, 5.41) is 9.20. The van der Waals surface area contributed by atoms with E-state index in [1.165, 1.54) is 32.0 Å². The van der Waals surface area contributed by atoms with Gasteiger partial charge in [0.05, 0.1) is 5.56 Å². The minimum absolute atomic E-state index is 0.0373. The molecule has 0 saturated carbocycles. The van der Waals surface area contributed by atoms with Crippen molar-refractivity contribution in [3.63, 3.8) is 0 Å². The lowest BCUT2D eigenvalue weighted by Gasteiger charge is -2.29. The van der Waals surface area contributed by atoms with Crippen LogP contribution in [0.1, 0.15) is 29.8 Å². The first-order chi connectivity index (χ1) is 9.71. The SMILES string of the molecule is CC1(C)OC(=O)C(=Cc2c(Cl)cccc2C(=O)O)C(=O)O1. The number of ether oxygens (including phenoxy) is 2. The van der Waals surface area contributed by atoms with Crippen LogP contribution in [0.3, 0.4) is 0 Å². The predicted octanol–water partition coefficient (Wildman–Crippen LogP) is 2.26. The molecule has 1 heterocycles. The summed E-state index contributed by atoms with van der Waals surface area (Å²) in [5.41, 5.74) is -0.513. The van der Waals surface area contributed by atoms with E-state index < -0.39 is 29.3 Å². The van der Waals surface area contributed by atoms with Gasteiger partial charge in [0.2, 0.25) is 0 Å². The summed E-state index contributed by atoms with van der Waals surface area (Å²) in [7, 11) is 0. The van der Waals surface area contributed by atoms with Gasteiger partial charge in [0, 0.05) is 24.4 Å². The fourth-order valence-corrected chi connectivity index (χ4v) is 2.02. The van der Waals surface area contributed by atoms with Crippen molar-refractivity contribution in [3.8, 4) is 0 Å². The van der Waals surface area contributed by atoms with Crippen LogP contribution in [0, 0.1) is 0 Å². The van der Waals surface area contributed by atoms with Gasteiger partial charge in [0.25, 0.3) is 5.79 Å². The summed E-state index contributed by atoms with van der Waals surface area (Å²) in [4.78, 5) is 34.8. The Balaban J connectivity index is 2.52. The lowest BCUT2D eigenvalue weighted by Crippen LogP contribution is -2.41. The number of hydrogen-bond donors (Lipinski definition) is 1. The molecule has 0 radical (unpaired) electrons. The Bertz CT molecular complexity index is 652. The molecule has 2 rings (SSSR count). The quantitative estimate of drug-likeness (QED) is 0.512. The van der Waals surface area contributed by atoms with Crippen LogP contribution in [0.2, 0.25) is 5.02 Å². The summed E-state index contributed by atoms with van der Waals surface area (Å²) in [5.74, 6) is -4.39. The Labute approximate surface area is 124 Å². The van der Waals surface area contributed by atoms with Crippen molar-refractivity contribution in [2.75, 3.05) is 0 Å². The highest BCUT2D eigenvalue weighted by atomic mass is 35.5. The second kappa shape index (κ2) is 5.21. The van der Waals surface area contributed by atoms with Crippen molar-refractivity contribution in [1.82, 2.24) is 0 Å².